The van der Waals surface area contributed by atoms with E-state index in [4.69, 9.17) is 23.4 Å². The standard InChI is InChI=1S/C38H52N2O7S/c1-10-37(3,4)27-14-15-30(28(22-27)38(5,6)11-2)47-18-13-12-17-39-34(41)29-24-48-36(25-16-19-46-23-25)40(29)35(42)26-20-31(43-7)33(45-9)32(21-26)44-8/h14-16,19-23,29,36H,10-13,17-18,24H2,1-9H3,(H,39,41). The highest BCUT2D eigenvalue weighted by Gasteiger charge is 2.43. The lowest BCUT2D eigenvalue weighted by atomic mass is 9.76. The van der Waals surface area contributed by atoms with Crippen LogP contribution in [0.5, 0.6) is 23.0 Å². The molecule has 0 radical (unpaired) electrons. The van der Waals surface area contributed by atoms with Crippen LogP contribution in [0.4, 0.5) is 0 Å². The van der Waals surface area contributed by atoms with Crippen LogP contribution in [0.25, 0.3) is 0 Å². The molecule has 2 heterocycles. The second-order valence-corrected chi connectivity index (χ2v) is 14.5. The Morgan fingerprint density at radius 1 is 0.917 bits per heavy atom. The number of hydrogen-bond acceptors (Lipinski definition) is 8. The molecule has 1 aliphatic rings. The molecule has 2 atom stereocenters. The fourth-order valence-corrected chi connectivity index (χ4v) is 7.13. The third kappa shape index (κ3) is 8.08. The normalized spacial score (nSPS) is 16.5. The number of methoxy groups -OCH3 is 3. The first-order valence-electron chi connectivity index (χ1n) is 16.7. The van der Waals surface area contributed by atoms with E-state index < -0.39 is 11.4 Å². The zero-order valence-electron chi connectivity index (χ0n) is 29.9. The van der Waals surface area contributed by atoms with Crippen LogP contribution in [0.15, 0.2) is 53.3 Å². The number of nitrogens with zero attached hydrogens (tertiary/aromatic N) is 1. The molecule has 1 saturated heterocycles. The number of amides is 2. The van der Waals surface area contributed by atoms with Crippen molar-refractivity contribution < 1.29 is 33.0 Å². The predicted molar refractivity (Wildman–Crippen MR) is 191 cm³/mol. The molecule has 3 aromatic rings. The molecule has 2 amide bonds. The van der Waals surface area contributed by atoms with Gasteiger partial charge in [0.15, 0.2) is 11.5 Å². The second-order valence-electron chi connectivity index (χ2n) is 13.4. The lowest BCUT2D eigenvalue weighted by Crippen LogP contribution is -2.48. The van der Waals surface area contributed by atoms with Gasteiger partial charge in [-0.1, -0.05) is 53.7 Å². The fraction of sp³-hybridized carbons (Fsp3) is 0.526. The van der Waals surface area contributed by atoms with Gasteiger partial charge in [-0.3, -0.25) is 9.59 Å². The van der Waals surface area contributed by atoms with Crippen molar-refractivity contribution in [3.63, 3.8) is 0 Å². The van der Waals surface area contributed by atoms with E-state index in [2.05, 4.69) is 65.1 Å². The van der Waals surface area contributed by atoms with Gasteiger partial charge in [0.05, 0.1) is 40.5 Å². The first kappa shape index (κ1) is 37.0. The molecule has 1 aromatic heterocycles. The SMILES string of the molecule is CCC(C)(C)c1ccc(OCCCCNC(=O)C2CSC(c3ccoc3)N2C(=O)c2cc(OC)c(OC)c(OC)c2)c(C(C)(C)CC)c1. The summed E-state index contributed by atoms with van der Waals surface area (Å²) < 4.78 is 28.1. The molecule has 1 fully saturated rings. The van der Waals surface area contributed by atoms with Gasteiger partial charge >= 0.3 is 0 Å². The van der Waals surface area contributed by atoms with E-state index in [0.29, 0.717) is 41.7 Å². The Kier molecular flexibility index (Phi) is 12.4. The van der Waals surface area contributed by atoms with E-state index in [0.717, 1.165) is 37.0 Å². The van der Waals surface area contributed by atoms with Crippen LogP contribution in [0.1, 0.15) is 99.6 Å². The van der Waals surface area contributed by atoms with E-state index in [-0.39, 0.29) is 22.6 Å². The van der Waals surface area contributed by atoms with Crippen LogP contribution in [-0.2, 0) is 15.6 Å². The highest BCUT2D eigenvalue weighted by Crippen LogP contribution is 2.45. The number of nitrogens with one attached hydrogen (secondary N) is 1. The van der Waals surface area contributed by atoms with Gasteiger partial charge in [-0.05, 0) is 66.3 Å². The summed E-state index contributed by atoms with van der Waals surface area (Å²) in [4.78, 5) is 29.3. The summed E-state index contributed by atoms with van der Waals surface area (Å²) in [5, 5.41) is 2.68. The zero-order chi connectivity index (χ0) is 35.1. The minimum atomic E-state index is -0.678. The Morgan fingerprint density at radius 3 is 2.19 bits per heavy atom. The molecule has 1 aliphatic heterocycles. The van der Waals surface area contributed by atoms with E-state index in [1.807, 2.05) is 6.07 Å². The van der Waals surface area contributed by atoms with Crippen molar-refractivity contribution in [3.8, 4) is 23.0 Å². The van der Waals surface area contributed by atoms with Gasteiger partial charge in [0.2, 0.25) is 11.7 Å². The number of ether oxygens (including phenoxy) is 4. The second kappa shape index (κ2) is 16.1. The summed E-state index contributed by atoms with van der Waals surface area (Å²) in [6.07, 6.45) is 6.76. The summed E-state index contributed by atoms with van der Waals surface area (Å²) in [5.74, 6) is 1.97. The molecule has 10 heteroatoms. The average molecular weight is 681 g/mol. The quantitative estimate of drug-likeness (QED) is 0.153. The number of carbonyl (C=O) groups excluding carboxylic acids is 2. The molecular weight excluding hydrogens is 628 g/mol. The van der Waals surface area contributed by atoms with E-state index >= 15 is 0 Å². The van der Waals surface area contributed by atoms with Crippen molar-refractivity contribution in [1.82, 2.24) is 10.2 Å². The monoisotopic (exact) mass is 680 g/mol. The first-order chi connectivity index (χ1) is 22.9. The Morgan fingerprint density at radius 2 is 1.60 bits per heavy atom. The van der Waals surface area contributed by atoms with Crippen LogP contribution in [0.2, 0.25) is 0 Å². The van der Waals surface area contributed by atoms with Crippen LogP contribution >= 0.6 is 11.8 Å². The van der Waals surface area contributed by atoms with E-state index in [1.54, 1.807) is 29.6 Å². The molecular formula is C38H52N2O7S. The van der Waals surface area contributed by atoms with E-state index in [9.17, 15) is 9.59 Å². The first-order valence-corrected chi connectivity index (χ1v) is 17.8. The van der Waals surface area contributed by atoms with Crippen molar-refractivity contribution >= 4 is 23.6 Å². The van der Waals surface area contributed by atoms with Gasteiger partial charge in [0.25, 0.3) is 5.91 Å². The minimum absolute atomic E-state index is 0.0118. The number of thioether (sulfide) groups is 1. The maximum atomic E-state index is 14.1. The van der Waals surface area contributed by atoms with Gasteiger partial charge in [-0.25, -0.2) is 0 Å². The molecule has 9 nitrogen and oxygen atoms in total. The highest BCUT2D eigenvalue weighted by atomic mass is 32.2. The number of hydrogen-bond donors (Lipinski definition) is 1. The van der Waals surface area contributed by atoms with Gasteiger partial charge in [0.1, 0.15) is 17.2 Å². The lowest BCUT2D eigenvalue weighted by Gasteiger charge is -2.30. The molecule has 0 spiro atoms. The predicted octanol–water partition coefficient (Wildman–Crippen LogP) is 7.91. The van der Waals surface area contributed by atoms with Crippen molar-refractivity contribution in [2.75, 3.05) is 40.2 Å². The van der Waals surface area contributed by atoms with Crippen LogP contribution in [-0.4, -0.2) is 63.0 Å². The Hall–Kier alpha value is -3.79. The number of carbonyl (C=O) groups is 2. The van der Waals surface area contributed by atoms with Gasteiger partial charge in [-0.15, -0.1) is 11.8 Å². The number of rotatable bonds is 16. The van der Waals surface area contributed by atoms with Crippen LogP contribution < -0.4 is 24.3 Å². The van der Waals surface area contributed by atoms with Crippen molar-refractivity contribution in [1.29, 1.82) is 0 Å². The smallest absolute Gasteiger partial charge is 0.256 e. The molecule has 2 aromatic carbocycles. The molecule has 2 unspecified atom stereocenters. The zero-order valence-corrected chi connectivity index (χ0v) is 30.8. The van der Waals surface area contributed by atoms with Gasteiger partial charge in [0, 0.05) is 29.0 Å². The summed E-state index contributed by atoms with van der Waals surface area (Å²) in [6.45, 7) is 14.6. The van der Waals surface area contributed by atoms with Crippen LogP contribution in [0.3, 0.4) is 0 Å². The maximum absolute atomic E-state index is 14.1. The molecule has 1 N–H and O–H groups in total. The Labute approximate surface area is 290 Å². The van der Waals surface area contributed by atoms with E-state index in [1.165, 1.54) is 44.2 Å². The molecule has 0 bridgehead atoms. The number of benzene rings is 2. The summed E-state index contributed by atoms with van der Waals surface area (Å²) >= 11 is 1.53. The Balaban J connectivity index is 1.41. The number of furan rings is 1. The Bertz CT molecular complexity index is 1510. The third-order valence-corrected chi connectivity index (χ3v) is 11.0. The summed E-state index contributed by atoms with van der Waals surface area (Å²) in [7, 11) is 4.51. The molecule has 4 rings (SSSR count). The fourth-order valence-electron chi connectivity index (χ4n) is 5.72. The van der Waals surface area contributed by atoms with Crippen LogP contribution in [0, 0.1) is 0 Å². The average Bonchev–Trinajstić information content (AvgIpc) is 3.79. The molecule has 48 heavy (non-hydrogen) atoms. The largest absolute Gasteiger partial charge is 0.493 e. The molecule has 0 saturated carbocycles. The summed E-state index contributed by atoms with van der Waals surface area (Å²) in [5.41, 5.74) is 3.79. The van der Waals surface area contributed by atoms with Crippen molar-refractivity contribution in [2.24, 2.45) is 0 Å². The molecule has 0 aliphatic carbocycles. The number of unbranched alkanes of at least 4 members (excludes halogenated alkanes) is 1. The van der Waals surface area contributed by atoms with Crippen molar-refractivity contribution in [3.05, 3.63) is 71.2 Å². The highest BCUT2D eigenvalue weighted by molar-refractivity contribution is 7.99. The minimum Gasteiger partial charge on any atom is -0.493 e. The lowest BCUT2D eigenvalue weighted by molar-refractivity contribution is -0.124. The van der Waals surface area contributed by atoms with Gasteiger partial charge in [-0.2, -0.15) is 0 Å². The molecule has 262 valence electrons. The van der Waals surface area contributed by atoms with Gasteiger partial charge < -0.3 is 33.6 Å². The summed E-state index contributed by atoms with van der Waals surface area (Å²) in [6, 6.07) is 11.0. The topological polar surface area (TPSA) is 99.5 Å². The maximum Gasteiger partial charge on any atom is 0.256 e. The third-order valence-electron chi connectivity index (χ3n) is 9.66. The van der Waals surface area contributed by atoms with Crippen molar-refractivity contribution in [2.45, 2.75) is 89.5 Å².